The highest BCUT2D eigenvalue weighted by molar-refractivity contribution is 6.01. The SMILES string of the molecule is COC1=C(C)C(=O)C[C@@H]2[C@](C)(NC(=O)/C=C/C(=O)OC(C)(C)C)C(=O)O[C@]12C. The van der Waals surface area contributed by atoms with Crippen LogP contribution in [0.5, 0.6) is 0 Å². The number of esters is 2. The Bertz CT molecular complexity index is 789. The van der Waals surface area contributed by atoms with Gasteiger partial charge in [-0.05, 0) is 41.5 Å². The van der Waals surface area contributed by atoms with Gasteiger partial charge in [0.05, 0.1) is 7.11 Å². The van der Waals surface area contributed by atoms with Gasteiger partial charge in [-0.25, -0.2) is 9.59 Å². The van der Waals surface area contributed by atoms with Crippen LogP contribution in [0.2, 0.25) is 0 Å². The van der Waals surface area contributed by atoms with Gasteiger partial charge >= 0.3 is 11.9 Å². The zero-order chi connectivity index (χ0) is 21.5. The summed E-state index contributed by atoms with van der Waals surface area (Å²) >= 11 is 0. The molecule has 3 atom stereocenters. The maximum absolute atomic E-state index is 12.7. The van der Waals surface area contributed by atoms with Gasteiger partial charge in [-0.1, -0.05) is 0 Å². The second-order valence-corrected chi connectivity index (χ2v) is 8.39. The molecule has 8 nitrogen and oxygen atoms in total. The van der Waals surface area contributed by atoms with Crippen LogP contribution in [0.25, 0.3) is 0 Å². The second-order valence-electron chi connectivity index (χ2n) is 8.39. The Balaban J connectivity index is 2.24. The molecule has 0 spiro atoms. The molecular weight excluding hydrogens is 366 g/mol. The Morgan fingerprint density at radius 2 is 1.82 bits per heavy atom. The van der Waals surface area contributed by atoms with Crippen LogP contribution in [0.15, 0.2) is 23.5 Å². The number of carbonyl (C=O) groups excluding carboxylic acids is 4. The third kappa shape index (κ3) is 3.81. The van der Waals surface area contributed by atoms with Crippen LogP contribution in [-0.4, -0.2) is 47.5 Å². The highest BCUT2D eigenvalue weighted by Crippen LogP contribution is 2.50. The van der Waals surface area contributed by atoms with Crippen molar-refractivity contribution in [2.45, 2.75) is 64.7 Å². The number of hydrogen-bond acceptors (Lipinski definition) is 7. The van der Waals surface area contributed by atoms with E-state index in [2.05, 4.69) is 5.32 Å². The Labute approximate surface area is 164 Å². The highest BCUT2D eigenvalue weighted by Gasteiger charge is 2.65. The molecule has 2 aliphatic rings. The zero-order valence-electron chi connectivity index (χ0n) is 17.3. The molecule has 0 aromatic heterocycles. The number of carbonyl (C=O) groups is 4. The van der Waals surface area contributed by atoms with Crippen molar-refractivity contribution in [1.29, 1.82) is 0 Å². The standard InChI is InChI=1S/C20H27NO7/c1-11-12(22)10-13-19(5,17(25)28-20(13,6)16(11)26-7)21-14(23)8-9-15(24)27-18(2,3)4/h8-9,13H,10H2,1-7H3,(H,21,23)/b9-8+/t13-,19+,20+/m1/s1. The summed E-state index contributed by atoms with van der Waals surface area (Å²) in [7, 11) is 1.41. The van der Waals surface area contributed by atoms with E-state index in [-0.39, 0.29) is 18.0 Å². The molecular formula is C20H27NO7. The fourth-order valence-corrected chi connectivity index (χ4v) is 3.77. The van der Waals surface area contributed by atoms with Crippen molar-refractivity contribution >= 4 is 23.6 Å². The number of fused-ring (bicyclic) bond motifs is 1. The smallest absolute Gasteiger partial charge is 0.333 e. The van der Waals surface area contributed by atoms with Gasteiger partial charge in [0.2, 0.25) is 5.91 Å². The van der Waals surface area contributed by atoms with E-state index in [1.54, 1.807) is 34.6 Å². The first-order valence-corrected chi connectivity index (χ1v) is 9.00. The van der Waals surface area contributed by atoms with Crippen molar-refractivity contribution < 1.29 is 33.4 Å². The minimum absolute atomic E-state index is 0.0213. The average Bonchev–Trinajstić information content (AvgIpc) is 2.72. The van der Waals surface area contributed by atoms with E-state index in [1.165, 1.54) is 14.0 Å². The number of amides is 1. The number of nitrogens with one attached hydrogen (secondary N) is 1. The van der Waals surface area contributed by atoms with Crippen LogP contribution in [-0.2, 0) is 33.4 Å². The molecule has 2 rings (SSSR count). The van der Waals surface area contributed by atoms with Gasteiger partial charge in [-0.3, -0.25) is 9.59 Å². The van der Waals surface area contributed by atoms with E-state index in [4.69, 9.17) is 14.2 Å². The molecule has 8 heteroatoms. The third-order valence-electron chi connectivity index (χ3n) is 5.05. The molecule has 0 aromatic carbocycles. The topological polar surface area (TPSA) is 108 Å². The minimum Gasteiger partial charge on any atom is -0.496 e. The molecule has 0 saturated carbocycles. The van der Waals surface area contributed by atoms with E-state index in [0.29, 0.717) is 5.57 Å². The average molecular weight is 393 g/mol. The molecule has 1 amide bonds. The summed E-state index contributed by atoms with van der Waals surface area (Å²) in [4.78, 5) is 49.1. The van der Waals surface area contributed by atoms with Crippen molar-refractivity contribution in [3.8, 4) is 0 Å². The maximum Gasteiger partial charge on any atom is 0.333 e. The Hall–Kier alpha value is -2.64. The molecule has 0 radical (unpaired) electrons. The van der Waals surface area contributed by atoms with Crippen molar-refractivity contribution in [1.82, 2.24) is 5.32 Å². The Kier molecular flexibility index (Phi) is 5.47. The number of methoxy groups -OCH3 is 1. The normalized spacial score (nSPS) is 30.2. The molecule has 1 heterocycles. The highest BCUT2D eigenvalue weighted by atomic mass is 16.6. The fourth-order valence-electron chi connectivity index (χ4n) is 3.77. The van der Waals surface area contributed by atoms with E-state index in [0.717, 1.165) is 12.2 Å². The maximum atomic E-state index is 12.7. The van der Waals surface area contributed by atoms with Crippen molar-refractivity contribution in [2.24, 2.45) is 5.92 Å². The molecule has 0 bridgehead atoms. The van der Waals surface area contributed by atoms with E-state index in [9.17, 15) is 19.2 Å². The van der Waals surface area contributed by atoms with Crippen molar-refractivity contribution in [3.63, 3.8) is 0 Å². The summed E-state index contributed by atoms with van der Waals surface area (Å²) in [5, 5.41) is 2.59. The fraction of sp³-hybridized carbons (Fsp3) is 0.600. The van der Waals surface area contributed by atoms with Crippen LogP contribution in [0.4, 0.5) is 0 Å². The van der Waals surface area contributed by atoms with Gasteiger partial charge < -0.3 is 19.5 Å². The molecule has 1 fully saturated rings. The summed E-state index contributed by atoms with van der Waals surface area (Å²) in [5.74, 6) is -2.58. The molecule has 1 aliphatic heterocycles. The lowest BCUT2D eigenvalue weighted by atomic mass is 9.69. The first kappa shape index (κ1) is 21.7. The molecule has 1 aliphatic carbocycles. The van der Waals surface area contributed by atoms with E-state index < -0.39 is 40.5 Å². The molecule has 1 saturated heterocycles. The predicted octanol–water partition coefficient (Wildman–Crippen LogP) is 1.58. The van der Waals surface area contributed by atoms with Crippen LogP contribution >= 0.6 is 0 Å². The Morgan fingerprint density at radius 3 is 2.36 bits per heavy atom. The minimum atomic E-state index is -1.45. The number of allylic oxidation sites excluding steroid dienone is 1. The summed E-state index contributed by atoms with van der Waals surface area (Å²) < 4.78 is 16.0. The number of rotatable bonds is 4. The van der Waals surface area contributed by atoms with Crippen LogP contribution in [0.3, 0.4) is 0 Å². The first-order valence-electron chi connectivity index (χ1n) is 9.00. The lowest BCUT2D eigenvalue weighted by molar-refractivity contribution is -0.152. The van der Waals surface area contributed by atoms with Gasteiger partial charge in [0.15, 0.2) is 11.4 Å². The van der Waals surface area contributed by atoms with Crippen LogP contribution in [0, 0.1) is 5.92 Å². The molecule has 1 N–H and O–H groups in total. The van der Waals surface area contributed by atoms with Gasteiger partial charge in [0.25, 0.3) is 0 Å². The van der Waals surface area contributed by atoms with Crippen LogP contribution < -0.4 is 5.32 Å². The second kappa shape index (κ2) is 7.07. The Morgan fingerprint density at radius 1 is 1.21 bits per heavy atom. The number of hydrogen-bond donors (Lipinski definition) is 1. The molecule has 28 heavy (non-hydrogen) atoms. The molecule has 0 aromatic rings. The summed E-state index contributed by atoms with van der Waals surface area (Å²) in [6, 6.07) is 0. The van der Waals surface area contributed by atoms with Crippen LogP contribution in [0.1, 0.15) is 48.0 Å². The molecule has 154 valence electrons. The van der Waals surface area contributed by atoms with Gasteiger partial charge in [0, 0.05) is 30.1 Å². The van der Waals surface area contributed by atoms with Gasteiger partial charge in [-0.15, -0.1) is 0 Å². The third-order valence-corrected chi connectivity index (χ3v) is 5.05. The summed E-state index contributed by atoms with van der Waals surface area (Å²) in [6.07, 6.45) is 2.00. The first-order chi connectivity index (χ1) is 12.7. The number of ether oxygens (including phenoxy) is 3. The lowest BCUT2D eigenvalue weighted by Crippen LogP contribution is -2.57. The van der Waals surface area contributed by atoms with E-state index in [1.807, 2.05) is 0 Å². The summed E-state index contributed by atoms with van der Waals surface area (Å²) in [5.41, 5.74) is -2.91. The molecule has 0 unspecified atom stereocenters. The van der Waals surface area contributed by atoms with Gasteiger partial charge in [-0.2, -0.15) is 0 Å². The van der Waals surface area contributed by atoms with Crippen molar-refractivity contribution in [2.75, 3.05) is 7.11 Å². The number of Topliss-reactive ketones (excluding diaryl/α,β-unsaturated/α-hetero) is 1. The quantitative estimate of drug-likeness (QED) is 0.571. The van der Waals surface area contributed by atoms with E-state index >= 15 is 0 Å². The lowest BCUT2D eigenvalue weighted by Gasteiger charge is -2.39. The monoisotopic (exact) mass is 393 g/mol. The van der Waals surface area contributed by atoms with Gasteiger partial charge in [0.1, 0.15) is 16.9 Å². The van der Waals surface area contributed by atoms with Crippen molar-refractivity contribution in [3.05, 3.63) is 23.5 Å². The zero-order valence-corrected chi connectivity index (χ0v) is 17.3. The number of ketones is 1. The predicted molar refractivity (Wildman–Crippen MR) is 98.9 cm³/mol. The summed E-state index contributed by atoms with van der Waals surface area (Å²) in [6.45, 7) is 9.91. The largest absolute Gasteiger partial charge is 0.496 e.